The van der Waals surface area contributed by atoms with Gasteiger partial charge in [0.1, 0.15) is 6.04 Å². The van der Waals surface area contributed by atoms with Crippen LogP contribution in [0.3, 0.4) is 0 Å². The summed E-state index contributed by atoms with van der Waals surface area (Å²) in [6.45, 7) is 1.77. The van der Waals surface area contributed by atoms with E-state index in [1.54, 1.807) is 6.92 Å². The molecule has 0 aromatic carbocycles. The van der Waals surface area contributed by atoms with Crippen LogP contribution in [-0.2, 0) is 4.79 Å². The van der Waals surface area contributed by atoms with Gasteiger partial charge in [-0.05, 0) is 6.92 Å². The SMILES string of the molecule is C#CCC(C)NC(=O)N1C[C@H](O)C[C@H]1C(=O)O. The van der Waals surface area contributed by atoms with Gasteiger partial charge < -0.3 is 20.4 Å². The first kappa shape index (κ1) is 13.3. The quantitative estimate of drug-likeness (QED) is 0.587. The van der Waals surface area contributed by atoms with Gasteiger partial charge in [-0.2, -0.15) is 0 Å². The zero-order valence-electron chi connectivity index (χ0n) is 9.59. The number of carbonyl (C=O) groups excluding carboxylic acids is 1. The Morgan fingerprint density at radius 1 is 1.65 bits per heavy atom. The molecule has 1 saturated heterocycles. The van der Waals surface area contributed by atoms with Gasteiger partial charge in [-0.3, -0.25) is 0 Å². The largest absolute Gasteiger partial charge is 0.480 e. The Labute approximate surface area is 99.6 Å². The molecule has 0 spiro atoms. The summed E-state index contributed by atoms with van der Waals surface area (Å²) in [5, 5.41) is 20.9. The number of aliphatic hydroxyl groups excluding tert-OH is 1. The van der Waals surface area contributed by atoms with Crippen LogP contribution >= 0.6 is 0 Å². The number of amides is 2. The number of urea groups is 1. The molecule has 1 unspecified atom stereocenters. The van der Waals surface area contributed by atoms with Gasteiger partial charge in [-0.1, -0.05) is 0 Å². The summed E-state index contributed by atoms with van der Waals surface area (Å²) in [6.07, 6.45) is 4.76. The van der Waals surface area contributed by atoms with E-state index in [9.17, 15) is 14.7 Å². The minimum atomic E-state index is -1.11. The highest BCUT2D eigenvalue weighted by molar-refractivity contribution is 5.83. The number of hydrogen-bond acceptors (Lipinski definition) is 3. The minimum absolute atomic E-state index is 0.0333. The second-order valence-electron chi connectivity index (χ2n) is 4.15. The summed E-state index contributed by atoms with van der Waals surface area (Å²) in [4.78, 5) is 23.8. The Hall–Kier alpha value is -1.74. The molecule has 1 fully saturated rings. The van der Waals surface area contributed by atoms with Crippen LogP contribution in [0.5, 0.6) is 0 Å². The summed E-state index contributed by atoms with van der Waals surface area (Å²) in [7, 11) is 0. The number of aliphatic carboxylic acids is 1. The average molecular weight is 240 g/mol. The molecule has 3 N–H and O–H groups in total. The van der Waals surface area contributed by atoms with Crippen LogP contribution in [0.1, 0.15) is 19.8 Å². The molecule has 2 amide bonds. The number of β-amino-alcohol motifs (C(OH)–C–C–N with tert-alkyl or cyclic N) is 1. The van der Waals surface area contributed by atoms with Crippen molar-refractivity contribution in [2.75, 3.05) is 6.54 Å². The zero-order chi connectivity index (χ0) is 13.0. The lowest BCUT2D eigenvalue weighted by atomic mass is 10.2. The van der Waals surface area contributed by atoms with Crippen LogP contribution in [0.15, 0.2) is 0 Å². The first-order valence-electron chi connectivity index (χ1n) is 5.37. The van der Waals surface area contributed by atoms with Crippen molar-refractivity contribution >= 4 is 12.0 Å². The average Bonchev–Trinajstić information content (AvgIpc) is 2.60. The molecule has 0 aromatic heterocycles. The van der Waals surface area contributed by atoms with Gasteiger partial charge in [0.25, 0.3) is 0 Å². The number of carboxylic acids is 1. The fourth-order valence-corrected chi connectivity index (χ4v) is 1.79. The Bertz CT molecular complexity index is 350. The minimum Gasteiger partial charge on any atom is -0.480 e. The highest BCUT2D eigenvalue weighted by Crippen LogP contribution is 2.18. The predicted molar refractivity (Wildman–Crippen MR) is 60.2 cm³/mol. The number of terminal acetylenes is 1. The highest BCUT2D eigenvalue weighted by Gasteiger charge is 2.39. The van der Waals surface area contributed by atoms with E-state index in [1.807, 2.05) is 0 Å². The maximum Gasteiger partial charge on any atom is 0.326 e. The summed E-state index contributed by atoms with van der Waals surface area (Å²) in [5.41, 5.74) is 0. The van der Waals surface area contributed by atoms with Gasteiger partial charge in [0.05, 0.1) is 6.10 Å². The second kappa shape index (κ2) is 5.55. The lowest BCUT2D eigenvalue weighted by Gasteiger charge is -2.23. The van der Waals surface area contributed by atoms with Crippen molar-refractivity contribution in [2.45, 2.75) is 38.0 Å². The number of nitrogens with zero attached hydrogens (tertiary/aromatic N) is 1. The molecule has 3 atom stereocenters. The number of carboxylic acid groups (broad SMARTS) is 1. The molecule has 6 nitrogen and oxygen atoms in total. The van der Waals surface area contributed by atoms with Crippen LogP contribution < -0.4 is 5.32 Å². The van der Waals surface area contributed by atoms with Crippen LogP contribution in [0.4, 0.5) is 4.79 Å². The van der Waals surface area contributed by atoms with Gasteiger partial charge in [-0.25, -0.2) is 9.59 Å². The van der Waals surface area contributed by atoms with E-state index in [4.69, 9.17) is 11.5 Å². The van der Waals surface area contributed by atoms with Crippen molar-refractivity contribution in [3.05, 3.63) is 0 Å². The molecule has 1 heterocycles. The third-order valence-electron chi connectivity index (χ3n) is 2.62. The summed E-state index contributed by atoms with van der Waals surface area (Å²) < 4.78 is 0. The second-order valence-corrected chi connectivity index (χ2v) is 4.15. The van der Waals surface area contributed by atoms with E-state index >= 15 is 0 Å². The maximum atomic E-state index is 11.8. The Kier molecular flexibility index (Phi) is 4.35. The molecule has 0 aliphatic carbocycles. The van der Waals surface area contributed by atoms with Gasteiger partial charge in [-0.15, -0.1) is 12.3 Å². The summed E-state index contributed by atoms with van der Waals surface area (Å²) in [5.74, 6) is 1.30. The number of carbonyl (C=O) groups is 2. The molecule has 0 radical (unpaired) electrons. The smallest absolute Gasteiger partial charge is 0.326 e. The number of nitrogens with one attached hydrogen (secondary N) is 1. The molecule has 1 aliphatic rings. The predicted octanol–water partition coefficient (Wildman–Crippen LogP) is -0.372. The standard InChI is InChI=1S/C11H16N2O4/c1-3-4-7(2)12-11(17)13-6-8(14)5-9(13)10(15)16/h1,7-9,14H,4-6H2,2H3,(H,12,17)(H,15,16)/t7?,8-,9+/m1/s1. The normalized spacial score (nSPS) is 25.1. The van der Waals surface area contributed by atoms with Gasteiger partial charge in [0.2, 0.25) is 0 Å². The first-order chi connectivity index (χ1) is 7.95. The topological polar surface area (TPSA) is 89.9 Å². The zero-order valence-corrected chi connectivity index (χ0v) is 9.59. The maximum absolute atomic E-state index is 11.8. The third kappa shape index (κ3) is 3.36. The van der Waals surface area contributed by atoms with Crippen molar-refractivity contribution in [3.63, 3.8) is 0 Å². The fourth-order valence-electron chi connectivity index (χ4n) is 1.79. The number of aliphatic hydroxyl groups is 1. The number of likely N-dealkylation sites (tertiary alicyclic amines) is 1. The molecular weight excluding hydrogens is 224 g/mol. The van der Waals surface area contributed by atoms with Gasteiger partial charge in [0, 0.05) is 25.4 Å². The van der Waals surface area contributed by atoms with E-state index in [0.29, 0.717) is 6.42 Å². The summed E-state index contributed by atoms with van der Waals surface area (Å²) in [6, 6.07) is -1.69. The lowest BCUT2D eigenvalue weighted by Crippen LogP contribution is -2.48. The van der Waals surface area contributed by atoms with Crippen LogP contribution in [0.2, 0.25) is 0 Å². The number of hydrogen-bond donors (Lipinski definition) is 3. The van der Waals surface area contributed by atoms with Gasteiger partial charge in [0.15, 0.2) is 0 Å². The Morgan fingerprint density at radius 3 is 2.82 bits per heavy atom. The molecule has 1 aliphatic heterocycles. The third-order valence-corrected chi connectivity index (χ3v) is 2.62. The van der Waals surface area contributed by atoms with Gasteiger partial charge >= 0.3 is 12.0 Å². The molecule has 0 aromatic rings. The van der Waals surface area contributed by atoms with Crippen LogP contribution in [0, 0.1) is 12.3 Å². The van der Waals surface area contributed by atoms with Crippen LogP contribution in [0.25, 0.3) is 0 Å². The molecule has 94 valence electrons. The Balaban J connectivity index is 2.62. The summed E-state index contributed by atoms with van der Waals surface area (Å²) >= 11 is 0. The van der Waals surface area contributed by atoms with E-state index in [1.165, 1.54) is 0 Å². The molecule has 17 heavy (non-hydrogen) atoms. The molecule has 6 heteroatoms. The van der Waals surface area contributed by atoms with E-state index in [2.05, 4.69) is 11.2 Å². The number of rotatable bonds is 3. The van der Waals surface area contributed by atoms with Crippen molar-refractivity contribution in [1.29, 1.82) is 0 Å². The van der Waals surface area contributed by atoms with Crippen molar-refractivity contribution in [2.24, 2.45) is 0 Å². The van der Waals surface area contributed by atoms with E-state index in [-0.39, 0.29) is 19.0 Å². The molecular formula is C11H16N2O4. The Morgan fingerprint density at radius 2 is 2.29 bits per heavy atom. The monoisotopic (exact) mass is 240 g/mol. The fraction of sp³-hybridized carbons (Fsp3) is 0.636. The first-order valence-corrected chi connectivity index (χ1v) is 5.37. The molecule has 0 saturated carbocycles. The lowest BCUT2D eigenvalue weighted by molar-refractivity contribution is -0.141. The highest BCUT2D eigenvalue weighted by atomic mass is 16.4. The van der Waals surface area contributed by atoms with E-state index < -0.39 is 24.1 Å². The molecule has 0 bridgehead atoms. The van der Waals surface area contributed by atoms with E-state index in [0.717, 1.165) is 4.90 Å². The molecule has 1 rings (SSSR count). The van der Waals surface area contributed by atoms with Crippen LogP contribution in [-0.4, -0.2) is 51.8 Å². The van der Waals surface area contributed by atoms with Crippen molar-refractivity contribution < 1.29 is 19.8 Å². The van der Waals surface area contributed by atoms with Crippen molar-refractivity contribution in [1.82, 2.24) is 10.2 Å². The van der Waals surface area contributed by atoms with Crippen molar-refractivity contribution in [3.8, 4) is 12.3 Å².